The molecule has 1 N–H and O–H groups in total. The van der Waals surface area contributed by atoms with Crippen molar-refractivity contribution in [2.75, 3.05) is 18.4 Å². The van der Waals surface area contributed by atoms with Crippen LogP contribution in [0.3, 0.4) is 0 Å². The molecule has 9 nitrogen and oxygen atoms in total. The molecule has 1 aliphatic heterocycles. The zero-order chi connectivity index (χ0) is 22.6. The van der Waals surface area contributed by atoms with E-state index in [1.807, 2.05) is 0 Å². The average molecular weight is 475 g/mol. The van der Waals surface area contributed by atoms with Gasteiger partial charge in [-0.05, 0) is 48.4 Å². The second kappa shape index (κ2) is 9.76. The Morgan fingerprint density at radius 3 is 2.53 bits per heavy atom. The van der Waals surface area contributed by atoms with Gasteiger partial charge in [0.25, 0.3) is 0 Å². The predicted octanol–water partition coefficient (Wildman–Crippen LogP) is 3.20. The first-order chi connectivity index (χ1) is 15.4. The fourth-order valence-corrected chi connectivity index (χ4v) is 5.34. The lowest BCUT2D eigenvalue weighted by atomic mass is 10.2. The lowest BCUT2D eigenvalue weighted by molar-refractivity contribution is -0.117. The largest absolute Gasteiger partial charge is 0.324 e. The highest BCUT2D eigenvalue weighted by molar-refractivity contribution is 7.89. The van der Waals surface area contributed by atoms with Crippen LogP contribution >= 0.6 is 11.6 Å². The minimum absolute atomic E-state index is 0.164. The standard InChI is InChI=1S/C21H23ClN6O3S/c22-19-11-4-3-10-18(19)21-24-26-28(25-21)15-20(29)23-16-8-7-9-17(14-16)32(30,31)27-12-5-1-2-6-13-27/h3-4,7-11,14H,1-2,5-6,12-13,15H2,(H,23,29). The van der Waals surface area contributed by atoms with Crippen molar-refractivity contribution in [3.05, 3.63) is 53.6 Å². The molecule has 32 heavy (non-hydrogen) atoms. The summed E-state index contributed by atoms with van der Waals surface area (Å²) in [6.45, 7) is 0.857. The van der Waals surface area contributed by atoms with Gasteiger partial charge >= 0.3 is 0 Å². The Morgan fingerprint density at radius 1 is 1.03 bits per heavy atom. The van der Waals surface area contributed by atoms with Gasteiger partial charge < -0.3 is 5.32 Å². The van der Waals surface area contributed by atoms with Crippen molar-refractivity contribution in [3.8, 4) is 11.4 Å². The molecule has 0 saturated carbocycles. The molecular weight excluding hydrogens is 452 g/mol. The molecule has 0 unspecified atom stereocenters. The van der Waals surface area contributed by atoms with Gasteiger partial charge in [0, 0.05) is 24.3 Å². The van der Waals surface area contributed by atoms with E-state index in [9.17, 15) is 13.2 Å². The quantitative estimate of drug-likeness (QED) is 0.587. The summed E-state index contributed by atoms with van der Waals surface area (Å²) in [4.78, 5) is 13.8. The van der Waals surface area contributed by atoms with Crippen molar-refractivity contribution in [2.24, 2.45) is 0 Å². The molecule has 0 aliphatic carbocycles. The Morgan fingerprint density at radius 2 is 1.78 bits per heavy atom. The van der Waals surface area contributed by atoms with Crippen molar-refractivity contribution < 1.29 is 13.2 Å². The monoisotopic (exact) mass is 474 g/mol. The average Bonchev–Trinajstić information content (AvgIpc) is 3.05. The number of hydrogen-bond donors (Lipinski definition) is 1. The first-order valence-corrected chi connectivity index (χ1v) is 12.2. The van der Waals surface area contributed by atoms with Gasteiger partial charge in [0.05, 0.1) is 9.92 Å². The Labute approximate surface area is 191 Å². The van der Waals surface area contributed by atoms with Crippen LogP contribution in [0.2, 0.25) is 5.02 Å². The van der Waals surface area contributed by atoms with Gasteiger partial charge in [0.1, 0.15) is 6.54 Å². The third kappa shape index (κ3) is 5.14. The molecule has 168 valence electrons. The number of tetrazole rings is 1. The van der Waals surface area contributed by atoms with E-state index in [4.69, 9.17) is 11.6 Å². The maximum Gasteiger partial charge on any atom is 0.248 e. The SMILES string of the molecule is O=C(Cn1nnc(-c2ccccc2Cl)n1)Nc1cccc(S(=O)(=O)N2CCCCCC2)c1. The van der Waals surface area contributed by atoms with Gasteiger partial charge in [-0.25, -0.2) is 8.42 Å². The van der Waals surface area contributed by atoms with E-state index in [0.717, 1.165) is 30.5 Å². The van der Waals surface area contributed by atoms with Crippen LogP contribution in [0.25, 0.3) is 11.4 Å². The molecule has 1 fully saturated rings. The first kappa shape index (κ1) is 22.4. The molecule has 1 aliphatic rings. The third-order valence-electron chi connectivity index (χ3n) is 5.17. The molecule has 1 saturated heterocycles. The predicted molar refractivity (Wildman–Crippen MR) is 121 cm³/mol. The fraction of sp³-hybridized carbons (Fsp3) is 0.333. The van der Waals surface area contributed by atoms with Gasteiger partial charge in [-0.2, -0.15) is 9.10 Å². The molecular formula is C21H23ClN6O3S. The van der Waals surface area contributed by atoms with Crippen LogP contribution in [0.5, 0.6) is 0 Å². The molecule has 4 rings (SSSR count). The molecule has 2 heterocycles. The Kier molecular flexibility index (Phi) is 6.83. The maximum absolute atomic E-state index is 13.0. The van der Waals surface area contributed by atoms with E-state index in [-0.39, 0.29) is 11.4 Å². The normalized spacial score (nSPS) is 15.3. The smallest absolute Gasteiger partial charge is 0.248 e. The summed E-state index contributed by atoms with van der Waals surface area (Å²) in [5.41, 5.74) is 1.00. The third-order valence-corrected chi connectivity index (χ3v) is 7.40. The Balaban J connectivity index is 1.44. The second-order valence-electron chi connectivity index (χ2n) is 7.52. The summed E-state index contributed by atoms with van der Waals surface area (Å²) in [5.74, 6) is -0.0913. The van der Waals surface area contributed by atoms with Gasteiger partial charge in [0.2, 0.25) is 21.8 Å². The summed E-state index contributed by atoms with van der Waals surface area (Å²) < 4.78 is 27.5. The highest BCUT2D eigenvalue weighted by Gasteiger charge is 2.25. The number of nitrogens with one attached hydrogen (secondary N) is 1. The number of aromatic nitrogens is 4. The molecule has 3 aromatic rings. The number of hydrogen-bond acceptors (Lipinski definition) is 6. The van der Waals surface area contributed by atoms with Crippen LogP contribution in [-0.4, -0.2) is 51.9 Å². The number of amides is 1. The second-order valence-corrected chi connectivity index (χ2v) is 9.86. The summed E-state index contributed by atoms with van der Waals surface area (Å²) in [6.07, 6.45) is 3.79. The van der Waals surface area contributed by atoms with Crippen molar-refractivity contribution in [3.63, 3.8) is 0 Å². The zero-order valence-corrected chi connectivity index (χ0v) is 18.9. The van der Waals surface area contributed by atoms with E-state index < -0.39 is 15.9 Å². The summed E-state index contributed by atoms with van der Waals surface area (Å²) >= 11 is 6.15. The fourth-order valence-electron chi connectivity index (χ4n) is 3.55. The summed E-state index contributed by atoms with van der Waals surface area (Å²) in [6, 6.07) is 13.4. The lowest BCUT2D eigenvalue weighted by Crippen LogP contribution is -2.32. The van der Waals surface area contributed by atoms with Gasteiger partial charge in [-0.15, -0.1) is 10.2 Å². The van der Waals surface area contributed by atoms with E-state index >= 15 is 0 Å². The minimum atomic E-state index is -3.60. The van der Waals surface area contributed by atoms with E-state index in [0.29, 0.717) is 35.2 Å². The van der Waals surface area contributed by atoms with E-state index in [1.165, 1.54) is 10.4 Å². The van der Waals surface area contributed by atoms with Crippen molar-refractivity contribution in [1.82, 2.24) is 24.5 Å². The molecule has 1 amide bonds. The Bertz CT molecular complexity index is 1210. The topological polar surface area (TPSA) is 110 Å². The van der Waals surface area contributed by atoms with Crippen molar-refractivity contribution >= 4 is 33.2 Å². The molecule has 0 spiro atoms. The molecule has 0 atom stereocenters. The number of carbonyl (C=O) groups is 1. The number of sulfonamides is 1. The number of carbonyl (C=O) groups excluding carboxylic acids is 1. The summed E-state index contributed by atoms with van der Waals surface area (Å²) in [5, 5.41) is 15.2. The minimum Gasteiger partial charge on any atom is -0.324 e. The Hall–Kier alpha value is -2.82. The van der Waals surface area contributed by atoms with Crippen LogP contribution in [0.4, 0.5) is 5.69 Å². The van der Waals surface area contributed by atoms with Gasteiger partial charge in [0.15, 0.2) is 0 Å². The van der Waals surface area contributed by atoms with Gasteiger partial charge in [-0.3, -0.25) is 4.79 Å². The van der Waals surface area contributed by atoms with Crippen LogP contribution in [0, 0.1) is 0 Å². The molecule has 1 aromatic heterocycles. The maximum atomic E-state index is 13.0. The van der Waals surface area contributed by atoms with Crippen LogP contribution in [-0.2, 0) is 21.4 Å². The highest BCUT2D eigenvalue weighted by atomic mass is 35.5. The van der Waals surface area contributed by atoms with E-state index in [2.05, 4.69) is 20.7 Å². The van der Waals surface area contributed by atoms with Crippen molar-refractivity contribution in [2.45, 2.75) is 37.1 Å². The summed E-state index contributed by atoms with van der Waals surface area (Å²) in [7, 11) is -3.60. The van der Waals surface area contributed by atoms with Gasteiger partial charge in [-0.1, -0.05) is 42.6 Å². The number of rotatable bonds is 6. The molecule has 2 aromatic carbocycles. The first-order valence-electron chi connectivity index (χ1n) is 10.4. The molecule has 0 radical (unpaired) electrons. The lowest BCUT2D eigenvalue weighted by Gasteiger charge is -2.20. The molecule has 0 bridgehead atoms. The highest BCUT2D eigenvalue weighted by Crippen LogP contribution is 2.24. The number of halogens is 1. The number of benzene rings is 2. The van der Waals surface area contributed by atoms with Crippen LogP contribution < -0.4 is 5.32 Å². The number of anilines is 1. The molecule has 11 heteroatoms. The van der Waals surface area contributed by atoms with Crippen LogP contribution in [0.1, 0.15) is 25.7 Å². The van der Waals surface area contributed by atoms with Crippen LogP contribution in [0.15, 0.2) is 53.4 Å². The number of nitrogens with zero attached hydrogens (tertiary/aromatic N) is 5. The van der Waals surface area contributed by atoms with E-state index in [1.54, 1.807) is 42.5 Å². The van der Waals surface area contributed by atoms with Crippen molar-refractivity contribution in [1.29, 1.82) is 0 Å². The zero-order valence-electron chi connectivity index (χ0n) is 17.3.